The van der Waals surface area contributed by atoms with Crippen molar-refractivity contribution >= 4 is 5.97 Å². The van der Waals surface area contributed by atoms with Crippen LogP contribution in [0.15, 0.2) is 60.7 Å². The maximum Gasteiger partial charge on any atom is 1.00 e. The van der Waals surface area contributed by atoms with Gasteiger partial charge in [-0.25, -0.2) is 8.78 Å². The first-order chi connectivity index (χ1) is 16.1. The minimum absolute atomic E-state index is 0. The summed E-state index contributed by atoms with van der Waals surface area (Å²) in [4.78, 5) is 10.6. The van der Waals surface area contributed by atoms with Crippen LogP contribution in [-0.2, 0) is 4.79 Å². The summed E-state index contributed by atoms with van der Waals surface area (Å²) in [5.74, 6) is -2.07. The number of aryl methyl sites for hydroxylation is 2. The van der Waals surface area contributed by atoms with Crippen molar-refractivity contribution in [2.75, 3.05) is 6.61 Å². The van der Waals surface area contributed by atoms with Crippen molar-refractivity contribution in [1.29, 1.82) is 0 Å². The molecule has 5 nitrogen and oxygen atoms in total. The molecule has 0 aromatic heterocycles. The van der Waals surface area contributed by atoms with Crippen LogP contribution in [0, 0.1) is 25.5 Å². The van der Waals surface area contributed by atoms with E-state index in [4.69, 9.17) is 4.74 Å². The SMILES string of the molecule is Cc1cc(C)c(OC[C@@H](O)C[C@@H](O)CC(=O)[O-])c(C(c2ccc(F)cc2)c2ccc(F)cc2)c1.[Na+]. The molecule has 35 heavy (non-hydrogen) atoms. The molecule has 0 amide bonds. The van der Waals surface area contributed by atoms with Crippen molar-refractivity contribution in [2.24, 2.45) is 0 Å². The van der Waals surface area contributed by atoms with Gasteiger partial charge in [0.2, 0.25) is 0 Å². The largest absolute Gasteiger partial charge is 1.00 e. The number of carbonyl (C=O) groups excluding carboxylic acids is 1. The van der Waals surface area contributed by atoms with Gasteiger partial charge >= 0.3 is 29.6 Å². The number of carboxylic acids is 1. The fourth-order valence-corrected chi connectivity index (χ4v) is 4.10. The van der Waals surface area contributed by atoms with E-state index in [2.05, 4.69) is 0 Å². The van der Waals surface area contributed by atoms with Crippen molar-refractivity contribution in [1.82, 2.24) is 0 Å². The van der Waals surface area contributed by atoms with E-state index in [0.29, 0.717) is 5.75 Å². The molecular formula is C27H27F2NaO5. The molecule has 2 N–H and O–H groups in total. The summed E-state index contributed by atoms with van der Waals surface area (Å²) in [6.45, 7) is 3.61. The summed E-state index contributed by atoms with van der Waals surface area (Å²) >= 11 is 0. The smallest absolute Gasteiger partial charge is 0.550 e. The number of benzene rings is 3. The first-order valence-corrected chi connectivity index (χ1v) is 10.9. The molecule has 0 aliphatic rings. The second-order valence-corrected chi connectivity index (χ2v) is 8.47. The van der Waals surface area contributed by atoms with Crippen molar-refractivity contribution in [3.63, 3.8) is 0 Å². The van der Waals surface area contributed by atoms with Crippen LogP contribution in [0.25, 0.3) is 0 Å². The average molecular weight is 492 g/mol. The van der Waals surface area contributed by atoms with Crippen molar-refractivity contribution in [3.05, 3.63) is 100 Å². The van der Waals surface area contributed by atoms with Gasteiger partial charge in [-0.15, -0.1) is 0 Å². The maximum atomic E-state index is 13.6. The van der Waals surface area contributed by atoms with E-state index in [1.165, 1.54) is 24.3 Å². The topological polar surface area (TPSA) is 89.8 Å². The van der Waals surface area contributed by atoms with Crippen LogP contribution in [0.1, 0.15) is 46.6 Å². The molecule has 0 bridgehead atoms. The van der Waals surface area contributed by atoms with Crippen molar-refractivity contribution < 1.29 is 63.2 Å². The van der Waals surface area contributed by atoms with Crippen molar-refractivity contribution in [2.45, 2.75) is 44.8 Å². The van der Waals surface area contributed by atoms with Gasteiger partial charge in [0, 0.05) is 30.3 Å². The molecule has 0 fully saturated rings. The van der Waals surface area contributed by atoms with E-state index in [1.807, 2.05) is 26.0 Å². The summed E-state index contributed by atoms with van der Waals surface area (Å²) in [7, 11) is 0. The van der Waals surface area contributed by atoms with E-state index in [-0.39, 0.29) is 54.2 Å². The summed E-state index contributed by atoms with van der Waals surface area (Å²) in [6.07, 6.45) is -3.14. The van der Waals surface area contributed by atoms with Gasteiger partial charge in [-0.3, -0.25) is 0 Å². The summed E-state index contributed by atoms with van der Waals surface area (Å²) in [5, 5.41) is 30.7. The van der Waals surface area contributed by atoms with Gasteiger partial charge in [-0.05, 0) is 54.8 Å². The molecule has 2 atom stereocenters. The molecular weight excluding hydrogens is 465 g/mol. The van der Waals surface area contributed by atoms with Gasteiger partial charge in [-0.2, -0.15) is 0 Å². The number of carboxylic acid groups (broad SMARTS) is 1. The van der Waals surface area contributed by atoms with Gasteiger partial charge in [0.15, 0.2) is 0 Å². The van der Waals surface area contributed by atoms with Crippen molar-refractivity contribution in [3.8, 4) is 5.75 Å². The first-order valence-electron chi connectivity index (χ1n) is 10.9. The van der Waals surface area contributed by atoms with Gasteiger partial charge in [0.1, 0.15) is 24.0 Å². The third kappa shape index (κ3) is 8.12. The molecule has 0 radical (unpaired) electrons. The Hall–Kier alpha value is -2.29. The van der Waals surface area contributed by atoms with Crippen LogP contribution >= 0.6 is 0 Å². The van der Waals surface area contributed by atoms with Gasteiger partial charge in [0.05, 0.1) is 12.2 Å². The predicted molar refractivity (Wildman–Crippen MR) is 121 cm³/mol. The Bertz CT molecular complexity index is 1070. The second kappa shape index (κ2) is 13.1. The zero-order valence-electron chi connectivity index (χ0n) is 20.0. The van der Waals surface area contributed by atoms with Crippen LogP contribution in [-0.4, -0.2) is 35.0 Å². The Kier molecular flexibility index (Phi) is 10.9. The van der Waals surface area contributed by atoms with Crippen LogP contribution < -0.4 is 39.4 Å². The third-order valence-electron chi connectivity index (χ3n) is 5.53. The molecule has 180 valence electrons. The second-order valence-electron chi connectivity index (χ2n) is 8.47. The molecule has 3 rings (SSSR count). The van der Waals surface area contributed by atoms with E-state index < -0.39 is 30.5 Å². The van der Waals surface area contributed by atoms with Crippen LogP contribution in [0.4, 0.5) is 8.78 Å². The number of hydrogen-bond donors (Lipinski definition) is 2. The molecule has 0 unspecified atom stereocenters. The van der Waals surface area contributed by atoms with E-state index in [0.717, 1.165) is 27.8 Å². The quantitative estimate of drug-likeness (QED) is 0.316. The number of aliphatic hydroxyl groups is 2. The molecule has 0 aliphatic carbocycles. The Morgan fingerprint density at radius 3 is 1.91 bits per heavy atom. The number of halogens is 2. The zero-order chi connectivity index (χ0) is 24.8. The normalized spacial score (nSPS) is 12.7. The third-order valence-corrected chi connectivity index (χ3v) is 5.53. The van der Waals surface area contributed by atoms with E-state index in [1.54, 1.807) is 24.3 Å². The predicted octanol–water partition coefficient (Wildman–Crippen LogP) is 0.397. The van der Waals surface area contributed by atoms with Crippen LogP contribution in [0.5, 0.6) is 5.75 Å². The number of ether oxygens (including phenoxy) is 1. The first kappa shape index (κ1) is 28.9. The molecule has 0 aliphatic heterocycles. The summed E-state index contributed by atoms with van der Waals surface area (Å²) < 4.78 is 33.3. The number of rotatable bonds is 10. The maximum absolute atomic E-state index is 13.6. The minimum Gasteiger partial charge on any atom is -0.550 e. The fourth-order valence-electron chi connectivity index (χ4n) is 4.10. The monoisotopic (exact) mass is 492 g/mol. The molecule has 3 aromatic carbocycles. The number of aliphatic hydroxyl groups excluding tert-OH is 2. The number of hydrogen-bond acceptors (Lipinski definition) is 5. The fraction of sp³-hybridized carbons (Fsp3) is 0.296. The van der Waals surface area contributed by atoms with E-state index >= 15 is 0 Å². The van der Waals surface area contributed by atoms with Gasteiger partial charge in [0.25, 0.3) is 0 Å². The minimum atomic E-state index is -1.40. The molecule has 0 heterocycles. The summed E-state index contributed by atoms with van der Waals surface area (Å²) in [5.41, 5.74) is 4.05. The van der Waals surface area contributed by atoms with E-state index in [9.17, 15) is 28.9 Å². The molecule has 3 aromatic rings. The van der Waals surface area contributed by atoms with Crippen LogP contribution in [0.3, 0.4) is 0 Å². The Balaban J connectivity index is 0.00000432. The standard InChI is InChI=1S/C27H28F2O5.Na/c1-16-11-17(2)27(34-15-23(31)13-22(30)14-25(32)33)24(12-16)26(18-3-7-20(28)8-4-18)19-5-9-21(29)10-6-19;/h3-12,22-23,26,30-31H,13-15H2,1-2H3,(H,32,33);/q;+1/p-1/t22-,23+;/m1./s1. The Morgan fingerprint density at radius 1 is 0.914 bits per heavy atom. The molecule has 8 heteroatoms. The Morgan fingerprint density at radius 2 is 1.43 bits per heavy atom. The zero-order valence-corrected chi connectivity index (χ0v) is 22.0. The number of aliphatic carboxylic acids is 1. The van der Waals surface area contributed by atoms with Crippen LogP contribution in [0.2, 0.25) is 0 Å². The Labute approximate surface area is 225 Å². The van der Waals surface area contributed by atoms with Gasteiger partial charge < -0.3 is 24.9 Å². The molecule has 0 spiro atoms. The molecule has 0 saturated carbocycles. The number of carbonyl (C=O) groups is 1. The average Bonchev–Trinajstić information content (AvgIpc) is 2.75. The summed E-state index contributed by atoms with van der Waals surface area (Å²) in [6, 6.07) is 15.9. The molecule has 0 saturated heterocycles. The van der Waals surface area contributed by atoms with Gasteiger partial charge in [-0.1, -0.05) is 42.0 Å².